The first-order chi connectivity index (χ1) is 19.7. The fourth-order valence-corrected chi connectivity index (χ4v) is 7.10. The van der Waals surface area contributed by atoms with E-state index in [0.29, 0.717) is 43.1 Å². The second-order valence-corrected chi connectivity index (χ2v) is 12.0. The molecule has 12 nitrogen and oxygen atoms in total. The Morgan fingerprint density at radius 3 is 2.40 bits per heavy atom. The van der Waals surface area contributed by atoms with Gasteiger partial charge in [0, 0.05) is 30.1 Å². The second kappa shape index (κ2) is 11.8. The topological polar surface area (TPSA) is 177 Å². The van der Waals surface area contributed by atoms with Gasteiger partial charge in [0.2, 0.25) is 5.91 Å². The number of methoxy groups -OCH3 is 1. The van der Waals surface area contributed by atoms with Crippen molar-refractivity contribution in [2.45, 2.75) is 57.9 Å². The van der Waals surface area contributed by atoms with Crippen LogP contribution in [-0.2, 0) is 36.9 Å². The van der Waals surface area contributed by atoms with E-state index in [1.165, 1.54) is 18.1 Å². The van der Waals surface area contributed by atoms with Crippen LogP contribution in [0.4, 0.5) is 0 Å². The number of ketones is 4. The molecule has 1 aromatic rings. The Hall–Kier alpha value is -3.19. The van der Waals surface area contributed by atoms with Crippen LogP contribution in [0.5, 0.6) is 11.5 Å². The van der Waals surface area contributed by atoms with Crippen molar-refractivity contribution in [3.05, 3.63) is 22.8 Å². The maximum atomic E-state index is 13.9. The number of hydrogen-bond acceptors (Lipinski definition) is 11. The monoisotopic (exact) mass is 587 g/mol. The summed E-state index contributed by atoms with van der Waals surface area (Å²) in [6.07, 6.45) is 0.203. The van der Waals surface area contributed by atoms with Gasteiger partial charge in [-0.1, -0.05) is 6.92 Å². The fourth-order valence-electron chi connectivity index (χ4n) is 7.10. The molecule has 1 aromatic carbocycles. The first-order valence-electron chi connectivity index (χ1n) is 14.3. The minimum absolute atomic E-state index is 0.0222. The van der Waals surface area contributed by atoms with Crippen LogP contribution in [0.25, 0.3) is 0 Å². The van der Waals surface area contributed by atoms with Gasteiger partial charge in [-0.25, -0.2) is 0 Å². The molecule has 4 rings (SSSR count). The van der Waals surface area contributed by atoms with Gasteiger partial charge in [0.05, 0.1) is 37.3 Å². The van der Waals surface area contributed by atoms with Gasteiger partial charge in [0.1, 0.15) is 11.5 Å². The van der Waals surface area contributed by atoms with Crippen LogP contribution in [0.3, 0.4) is 0 Å². The van der Waals surface area contributed by atoms with Crippen molar-refractivity contribution in [2.24, 2.45) is 29.4 Å². The number of rotatable bonds is 10. The molecular weight excluding hydrogens is 546 g/mol. The van der Waals surface area contributed by atoms with Crippen molar-refractivity contribution in [1.29, 1.82) is 0 Å². The summed E-state index contributed by atoms with van der Waals surface area (Å²) in [4.78, 5) is 70.2. The molecule has 1 amide bonds. The standard InChI is InChI=1S/C30H41N3O9/c1-7-33(8-9-42-14(2)3)13-16-12-19(34)21-17(26(16)41-6)10-15-11-18-23(32(4)5)25(36)22(29(31)39)28(38)30(18,40)27(37)20(15)24(21)35/h12,14-15,18,20,22-23,34,40H,7-11,13H2,1-6H3,(H2,31,39)/t15-,18-,20?,22?,23-,30-/m0/s1. The van der Waals surface area contributed by atoms with Crippen LogP contribution in [0.1, 0.15) is 48.7 Å². The SMILES string of the molecule is CCN(CCOC(C)C)Cc1cc(O)c2c(c1OC)C[C@H]1C[C@H]3[C@H](N(C)C)C(=O)C(C(N)=O)C(=O)[C@@]3(O)C(=O)C1C2=O. The molecule has 0 bridgehead atoms. The quantitative estimate of drug-likeness (QED) is 0.317. The fraction of sp³-hybridized carbons (Fsp3) is 0.633. The average Bonchev–Trinajstić information content (AvgIpc) is 2.89. The molecule has 12 heteroatoms. The maximum Gasteiger partial charge on any atom is 0.235 e. The number of phenols is 1. The molecule has 0 aromatic heterocycles. The first-order valence-corrected chi connectivity index (χ1v) is 14.3. The molecule has 2 unspecified atom stereocenters. The lowest BCUT2D eigenvalue weighted by Crippen LogP contribution is -2.74. The van der Waals surface area contributed by atoms with Crippen LogP contribution < -0.4 is 10.5 Å². The number of phenolic OH excluding ortho intramolecular Hbond substituents is 1. The molecule has 0 radical (unpaired) electrons. The molecule has 3 aliphatic rings. The summed E-state index contributed by atoms with van der Waals surface area (Å²) in [6.45, 7) is 8.16. The zero-order valence-electron chi connectivity index (χ0n) is 25.0. The van der Waals surface area contributed by atoms with E-state index in [4.69, 9.17) is 15.2 Å². The third-order valence-corrected chi connectivity index (χ3v) is 8.99. The Bertz CT molecular complexity index is 1310. The van der Waals surface area contributed by atoms with Gasteiger partial charge in [-0.3, -0.25) is 33.8 Å². The third kappa shape index (κ3) is 5.04. The van der Waals surface area contributed by atoms with E-state index in [-0.39, 0.29) is 30.3 Å². The lowest BCUT2D eigenvalue weighted by Gasteiger charge is -2.52. The minimum atomic E-state index is -2.75. The summed E-state index contributed by atoms with van der Waals surface area (Å²) < 4.78 is 11.5. The highest BCUT2D eigenvalue weighted by atomic mass is 16.5. The number of fused-ring (bicyclic) bond motifs is 3. The number of primary amides is 1. The summed E-state index contributed by atoms with van der Waals surface area (Å²) in [7, 11) is 4.57. The van der Waals surface area contributed by atoms with Crippen LogP contribution in [0.2, 0.25) is 0 Å². The normalized spacial score (nSPS) is 29.1. The lowest BCUT2D eigenvalue weighted by atomic mass is 9.52. The van der Waals surface area contributed by atoms with Gasteiger partial charge in [-0.15, -0.1) is 0 Å². The maximum absolute atomic E-state index is 13.9. The number of carbonyl (C=O) groups excluding carboxylic acids is 5. The van der Waals surface area contributed by atoms with Crippen LogP contribution in [0.15, 0.2) is 6.07 Å². The number of amides is 1. The zero-order valence-corrected chi connectivity index (χ0v) is 25.0. The second-order valence-electron chi connectivity index (χ2n) is 12.0. The molecule has 2 fully saturated rings. The average molecular weight is 588 g/mol. The van der Waals surface area contributed by atoms with Crippen molar-refractivity contribution in [1.82, 2.24) is 9.80 Å². The number of likely N-dealkylation sites (N-methyl/N-ethyl adjacent to an activating group) is 2. The van der Waals surface area contributed by atoms with Crippen molar-refractivity contribution in [3.8, 4) is 11.5 Å². The molecule has 0 aliphatic heterocycles. The van der Waals surface area contributed by atoms with Crippen molar-refractivity contribution < 1.29 is 43.7 Å². The Balaban J connectivity index is 1.76. The highest BCUT2D eigenvalue weighted by molar-refractivity contribution is 6.32. The number of ether oxygens (including phenoxy) is 2. The molecule has 230 valence electrons. The third-order valence-electron chi connectivity index (χ3n) is 8.99. The van der Waals surface area contributed by atoms with E-state index in [1.807, 2.05) is 20.8 Å². The number of carbonyl (C=O) groups is 5. The van der Waals surface area contributed by atoms with Crippen molar-refractivity contribution >= 4 is 29.0 Å². The Morgan fingerprint density at radius 2 is 1.86 bits per heavy atom. The van der Waals surface area contributed by atoms with Crippen LogP contribution in [0, 0.1) is 23.7 Å². The van der Waals surface area contributed by atoms with Crippen LogP contribution >= 0.6 is 0 Å². The Kier molecular flexibility index (Phi) is 8.94. The summed E-state index contributed by atoms with van der Waals surface area (Å²) >= 11 is 0. The van der Waals surface area contributed by atoms with E-state index in [0.717, 1.165) is 0 Å². The summed E-state index contributed by atoms with van der Waals surface area (Å²) in [6, 6.07) is 0.293. The van der Waals surface area contributed by atoms with Crippen molar-refractivity contribution in [2.75, 3.05) is 40.9 Å². The summed E-state index contributed by atoms with van der Waals surface area (Å²) in [5, 5.41) is 22.8. The van der Waals surface area contributed by atoms with E-state index < -0.39 is 64.4 Å². The van der Waals surface area contributed by atoms with E-state index >= 15 is 0 Å². The smallest absolute Gasteiger partial charge is 0.235 e. The Labute approximate surface area is 245 Å². The van der Waals surface area contributed by atoms with E-state index in [2.05, 4.69) is 4.90 Å². The molecule has 0 spiro atoms. The predicted octanol–water partition coefficient (Wildman–Crippen LogP) is 0.123. The molecular formula is C30H41N3O9. The van der Waals surface area contributed by atoms with Gasteiger partial charge in [0.25, 0.3) is 0 Å². The van der Waals surface area contributed by atoms with E-state index in [1.54, 1.807) is 14.1 Å². The lowest BCUT2D eigenvalue weighted by molar-refractivity contribution is -0.181. The zero-order chi connectivity index (χ0) is 31.3. The minimum Gasteiger partial charge on any atom is -0.507 e. The number of benzene rings is 1. The Morgan fingerprint density at radius 1 is 1.19 bits per heavy atom. The molecule has 4 N–H and O–H groups in total. The molecule has 0 heterocycles. The highest BCUT2D eigenvalue weighted by Gasteiger charge is 2.69. The number of Topliss-reactive ketones (excluding diaryl/α,β-unsaturated/α-hetero) is 4. The number of nitrogens with two attached hydrogens (primary N) is 1. The van der Waals surface area contributed by atoms with Gasteiger partial charge in [0.15, 0.2) is 34.7 Å². The largest absolute Gasteiger partial charge is 0.507 e. The van der Waals surface area contributed by atoms with Gasteiger partial charge in [-0.05, 0) is 59.3 Å². The number of aromatic hydroxyl groups is 1. The number of nitrogens with zero attached hydrogens (tertiary/aromatic N) is 2. The van der Waals surface area contributed by atoms with Crippen LogP contribution in [-0.4, -0.2) is 108 Å². The van der Waals surface area contributed by atoms with E-state index in [9.17, 15) is 34.2 Å². The number of hydrogen-bond donors (Lipinski definition) is 3. The summed E-state index contributed by atoms with van der Waals surface area (Å²) in [5.41, 5.74) is 3.62. The molecule has 6 atom stereocenters. The van der Waals surface area contributed by atoms with Gasteiger partial charge in [-0.2, -0.15) is 0 Å². The molecule has 2 saturated carbocycles. The molecule has 42 heavy (non-hydrogen) atoms. The first kappa shape index (κ1) is 31.7. The number of aliphatic hydroxyl groups is 1. The predicted molar refractivity (Wildman–Crippen MR) is 150 cm³/mol. The highest BCUT2D eigenvalue weighted by Crippen LogP contribution is 2.52. The van der Waals surface area contributed by atoms with Crippen molar-refractivity contribution in [3.63, 3.8) is 0 Å². The molecule has 0 saturated heterocycles. The van der Waals surface area contributed by atoms with Gasteiger partial charge >= 0.3 is 0 Å². The summed E-state index contributed by atoms with van der Waals surface area (Å²) in [5.74, 6) is -10.4. The molecule has 3 aliphatic carbocycles. The van der Waals surface area contributed by atoms with Gasteiger partial charge < -0.3 is 25.4 Å².